The Hall–Kier alpha value is -3.39. The predicted molar refractivity (Wildman–Crippen MR) is 124 cm³/mol. The largest absolute Gasteiger partial charge is 0.439 e. The fourth-order valence-electron chi connectivity index (χ4n) is 3.52. The smallest absolute Gasteiger partial charge is 0.251 e. The lowest BCUT2D eigenvalue weighted by atomic mass is 10.1. The number of sulfonamides is 1. The molecule has 1 saturated heterocycles. The number of nitrogens with zero attached hydrogens (tertiary/aromatic N) is 2. The highest BCUT2D eigenvalue weighted by Crippen LogP contribution is 2.26. The maximum Gasteiger partial charge on any atom is 0.251 e. The van der Waals surface area contributed by atoms with Gasteiger partial charge in [0.2, 0.25) is 15.9 Å². The van der Waals surface area contributed by atoms with Crippen molar-refractivity contribution >= 4 is 21.6 Å². The lowest BCUT2D eigenvalue weighted by molar-refractivity contribution is 0.0951. The normalized spacial score (nSPS) is 14.9. The van der Waals surface area contributed by atoms with Crippen LogP contribution in [-0.2, 0) is 16.6 Å². The first-order valence-electron chi connectivity index (χ1n) is 10.4. The molecule has 0 saturated carbocycles. The summed E-state index contributed by atoms with van der Waals surface area (Å²) in [6.45, 7) is 4.72. The van der Waals surface area contributed by atoms with Crippen LogP contribution in [0.1, 0.15) is 33.5 Å². The highest BCUT2D eigenvalue weighted by Gasteiger charge is 2.28. The summed E-state index contributed by atoms with van der Waals surface area (Å²) in [6.07, 6.45) is 2.25. The molecule has 1 fully saturated rings. The average Bonchev–Trinajstić information content (AvgIpc) is 3.14. The lowest BCUT2D eigenvalue weighted by Gasteiger charge is -2.17. The van der Waals surface area contributed by atoms with Crippen LogP contribution in [0.2, 0.25) is 0 Å². The van der Waals surface area contributed by atoms with E-state index in [0.29, 0.717) is 36.6 Å². The summed E-state index contributed by atoms with van der Waals surface area (Å²) in [5.41, 5.74) is 3.89. The molecule has 0 aliphatic carbocycles. The molecule has 1 N–H and O–H groups in total. The molecule has 8 heteroatoms. The Morgan fingerprint density at radius 1 is 1.12 bits per heavy atom. The zero-order valence-corrected chi connectivity index (χ0v) is 18.9. The van der Waals surface area contributed by atoms with Crippen molar-refractivity contribution in [2.45, 2.75) is 26.8 Å². The Labute approximate surface area is 188 Å². The number of pyridine rings is 1. The fourth-order valence-corrected chi connectivity index (χ4v) is 5.08. The van der Waals surface area contributed by atoms with E-state index in [9.17, 15) is 13.2 Å². The summed E-state index contributed by atoms with van der Waals surface area (Å²) in [4.78, 5) is 16.9. The number of hydrogen-bond donors (Lipinski definition) is 1. The van der Waals surface area contributed by atoms with E-state index in [1.807, 2.05) is 38.1 Å². The van der Waals surface area contributed by atoms with Gasteiger partial charge < -0.3 is 10.1 Å². The molecule has 1 aliphatic heterocycles. The molecule has 166 valence electrons. The monoisotopic (exact) mass is 451 g/mol. The minimum atomic E-state index is -3.29. The second-order valence-corrected chi connectivity index (χ2v) is 9.86. The van der Waals surface area contributed by atoms with Gasteiger partial charge in [0.15, 0.2) is 0 Å². The zero-order valence-electron chi connectivity index (χ0n) is 18.0. The van der Waals surface area contributed by atoms with Crippen LogP contribution in [0, 0.1) is 13.8 Å². The van der Waals surface area contributed by atoms with Crippen LogP contribution in [0.3, 0.4) is 0 Å². The standard InChI is InChI=1S/C24H25N3O4S/c1-17-7-8-18(2)22(13-17)31-23-10-9-19(15-25-23)16-26-24(28)20-5-3-6-21(14-20)27-11-4-12-32(27,29)30/h3,5-10,13-15H,4,11-12,16H2,1-2H3,(H,26,28). The van der Waals surface area contributed by atoms with Crippen LogP contribution >= 0.6 is 0 Å². The molecule has 4 rings (SSSR count). The van der Waals surface area contributed by atoms with E-state index in [2.05, 4.69) is 10.3 Å². The van der Waals surface area contributed by atoms with Crippen molar-refractivity contribution in [1.82, 2.24) is 10.3 Å². The average molecular weight is 452 g/mol. The summed E-state index contributed by atoms with van der Waals surface area (Å²) in [7, 11) is -3.29. The van der Waals surface area contributed by atoms with Crippen molar-refractivity contribution in [3.05, 3.63) is 83.0 Å². The number of benzene rings is 2. The molecule has 2 aromatic carbocycles. The van der Waals surface area contributed by atoms with Crippen LogP contribution in [0.4, 0.5) is 5.69 Å². The van der Waals surface area contributed by atoms with Crippen molar-refractivity contribution in [3.8, 4) is 11.6 Å². The second kappa shape index (κ2) is 9.00. The van der Waals surface area contributed by atoms with Gasteiger partial charge >= 0.3 is 0 Å². The third-order valence-corrected chi connectivity index (χ3v) is 7.17. The summed E-state index contributed by atoms with van der Waals surface area (Å²) in [5, 5.41) is 2.85. The first kappa shape index (κ1) is 21.8. The van der Waals surface area contributed by atoms with Crippen molar-refractivity contribution in [1.29, 1.82) is 0 Å². The zero-order chi connectivity index (χ0) is 22.7. The summed E-state index contributed by atoms with van der Waals surface area (Å²) in [5.74, 6) is 1.10. The fraction of sp³-hybridized carbons (Fsp3) is 0.250. The van der Waals surface area contributed by atoms with Gasteiger partial charge in [-0.15, -0.1) is 0 Å². The number of aromatic nitrogens is 1. The van der Waals surface area contributed by atoms with Crippen LogP contribution < -0.4 is 14.4 Å². The SMILES string of the molecule is Cc1ccc(C)c(Oc2ccc(CNC(=O)c3cccc(N4CCCS4(=O)=O)c3)cn2)c1. The van der Waals surface area contributed by atoms with Crippen molar-refractivity contribution in [3.63, 3.8) is 0 Å². The molecule has 0 bridgehead atoms. The van der Waals surface area contributed by atoms with Gasteiger partial charge in [-0.05, 0) is 61.2 Å². The van der Waals surface area contributed by atoms with Gasteiger partial charge in [-0.1, -0.05) is 24.3 Å². The molecular weight excluding hydrogens is 426 g/mol. The maximum absolute atomic E-state index is 12.6. The van der Waals surface area contributed by atoms with Crippen molar-refractivity contribution in [2.24, 2.45) is 0 Å². The molecule has 0 unspecified atom stereocenters. The quantitative estimate of drug-likeness (QED) is 0.613. The Morgan fingerprint density at radius 2 is 1.97 bits per heavy atom. The van der Waals surface area contributed by atoms with Crippen LogP contribution in [0.25, 0.3) is 0 Å². The number of anilines is 1. The van der Waals surface area contributed by atoms with Crippen LogP contribution in [0.15, 0.2) is 60.8 Å². The molecule has 0 atom stereocenters. The summed E-state index contributed by atoms with van der Waals surface area (Å²) < 4.78 is 31.5. The molecule has 2 heterocycles. The Balaban J connectivity index is 1.38. The molecule has 0 spiro atoms. The first-order valence-corrected chi connectivity index (χ1v) is 12.0. The van der Waals surface area contributed by atoms with E-state index in [4.69, 9.17) is 4.74 Å². The molecule has 1 aliphatic rings. The van der Waals surface area contributed by atoms with Gasteiger partial charge in [-0.2, -0.15) is 0 Å². The van der Waals surface area contributed by atoms with Gasteiger partial charge in [-0.3, -0.25) is 9.10 Å². The van der Waals surface area contributed by atoms with E-state index >= 15 is 0 Å². The summed E-state index contributed by atoms with van der Waals surface area (Å²) in [6, 6.07) is 16.3. The van der Waals surface area contributed by atoms with Crippen LogP contribution in [-0.4, -0.2) is 31.6 Å². The number of carbonyl (C=O) groups is 1. The van der Waals surface area contributed by atoms with E-state index in [1.165, 1.54) is 4.31 Å². The van der Waals surface area contributed by atoms with Crippen LogP contribution in [0.5, 0.6) is 11.6 Å². The second-order valence-electron chi connectivity index (χ2n) is 7.85. The van der Waals surface area contributed by atoms with E-state index < -0.39 is 10.0 Å². The van der Waals surface area contributed by atoms with Crippen molar-refractivity contribution in [2.75, 3.05) is 16.6 Å². The third kappa shape index (κ3) is 4.91. The number of hydrogen-bond acceptors (Lipinski definition) is 5. The Bertz CT molecular complexity index is 1240. The molecule has 32 heavy (non-hydrogen) atoms. The third-order valence-electron chi connectivity index (χ3n) is 5.30. The lowest BCUT2D eigenvalue weighted by Crippen LogP contribution is -2.26. The van der Waals surface area contributed by atoms with E-state index in [1.54, 1.807) is 36.5 Å². The first-order chi connectivity index (χ1) is 15.3. The number of aryl methyl sites for hydroxylation is 2. The van der Waals surface area contributed by atoms with Gasteiger partial charge in [-0.25, -0.2) is 13.4 Å². The molecule has 1 amide bonds. The minimum Gasteiger partial charge on any atom is -0.439 e. The molecule has 1 aromatic heterocycles. The molecule has 0 radical (unpaired) electrons. The van der Waals surface area contributed by atoms with E-state index in [-0.39, 0.29) is 11.7 Å². The number of rotatable bonds is 6. The van der Waals surface area contributed by atoms with Gasteiger partial charge in [0, 0.05) is 30.9 Å². The summed E-state index contributed by atoms with van der Waals surface area (Å²) >= 11 is 0. The van der Waals surface area contributed by atoms with Gasteiger partial charge in [0.25, 0.3) is 5.91 Å². The predicted octanol–water partition coefficient (Wildman–Crippen LogP) is 3.96. The topological polar surface area (TPSA) is 88.6 Å². The molecular formula is C24H25N3O4S. The molecule has 7 nitrogen and oxygen atoms in total. The number of ether oxygens (including phenoxy) is 1. The molecule has 3 aromatic rings. The highest BCUT2D eigenvalue weighted by atomic mass is 32.2. The van der Waals surface area contributed by atoms with Gasteiger partial charge in [0.05, 0.1) is 11.4 Å². The maximum atomic E-state index is 12.6. The van der Waals surface area contributed by atoms with E-state index in [0.717, 1.165) is 22.4 Å². The highest BCUT2D eigenvalue weighted by molar-refractivity contribution is 7.93. The van der Waals surface area contributed by atoms with Gasteiger partial charge in [0.1, 0.15) is 5.75 Å². The van der Waals surface area contributed by atoms with Crippen molar-refractivity contribution < 1.29 is 17.9 Å². The number of nitrogens with one attached hydrogen (secondary N) is 1. The number of amides is 1. The Morgan fingerprint density at radius 3 is 2.69 bits per heavy atom. The number of carbonyl (C=O) groups excluding carboxylic acids is 1. The Kier molecular flexibility index (Phi) is 6.14. The minimum absolute atomic E-state index is 0.138.